The molecule has 0 heterocycles. The second kappa shape index (κ2) is 9.17. The van der Waals surface area contributed by atoms with Crippen LogP contribution in [0.3, 0.4) is 0 Å². The van der Waals surface area contributed by atoms with Gasteiger partial charge in [0.2, 0.25) is 5.91 Å². The minimum Gasteiger partial charge on any atom is -0.748 e. The van der Waals surface area contributed by atoms with Gasteiger partial charge in [0.1, 0.15) is 0 Å². The van der Waals surface area contributed by atoms with Crippen LogP contribution in [0.2, 0.25) is 0 Å². The van der Waals surface area contributed by atoms with Crippen LogP contribution >= 0.6 is 0 Å². The number of carbonyl (C=O) groups is 1. The Hall–Kier alpha value is -0.920. The van der Waals surface area contributed by atoms with Gasteiger partial charge in [-0.25, -0.2) is 8.42 Å². The molecule has 1 amide bonds. The summed E-state index contributed by atoms with van der Waals surface area (Å²) < 4.78 is 33.1. The van der Waals surface area contributed by atoms with Crippen LogP contribution in [0.1, 0.15) is 40.0 Å². The zero-order chi connectivity index (χ0) is 16.5. The SMILES string of the molecule is C=CC(=O)NC[N+](CCC)(CCC)C(C)CCS(=O)(=O)[O-]. The highest BCUT2D eigenvalue weighted by molar-refractivity contribution is 7.85. The fourth-order valence-corrected chi connectivity index (χ4v) is 3.28. The highest BCUT2D eigenvalue weighted by Crippen LogP contribution is 2.18. The molecule has 21 heavy (non-hydrogen) atoms. The van der Waals surface area contributed by atoms with Gasteiger partial charge < -0.3 is 14.4 Å². The minimum atomic E-state index is -4.21. The van der Waals surface area contributed by atoms with Crippen molar-refractivity contribution in [2.75, 3.05) is 25.5 Å². The Morgan fingerprint density at radius 2 is 1.86 bits per heavy atom. The van der Waals surface area contributed by atoms with Gasteiger partial charge in [0.15, 0.2) is 6.67 Å². The van der Waals surface area contributed by atoms with Gasteiger partial charge in [0, 0.05) is 12.2 Å². The molecule has 0 radical (unpaired) electrons. The third-order valence-corrected chi connectivity index (χ3v) is 4.55. The van der Waals surface area contributed by atoms with Gasteiger partial charge in [-0.15, -0.1) is 0 Å². The quantitative estimate of drug-likeness (QED) is 0.268. The number of hydrogen-bond donors (Lipinski definition) is 1. The molecular formula is C14H28N2O4S. The van der Waals surface area contributed by atoms with Crippen LogP contribution < -0.4 is 5.32 Å². The van der Waals surface area contributed by atoms with E-state index >= 15 is 0 Å². The first-order chi connectivity index (χ1) is 9.70. The summed E-state index contributed by atoms with van der Waals surface area (Å²) in [4.78, 5) is 11.4. The number of rotatable bonds is 11. The second-order valence-corrected chi connectivity index (χ2v) is 6.99. The Morgan fingerprint density at radius 1 is 1.33 bits per heavy atom. The van der Waals surface area contributed by atoms with Crippen LogP contribution in [0.5, 0.6) is 0 Å². The Balaban J connectivity index is 5.04. The molecule has 0 fully saturated rings. The molecule has 0 spiro atoms. The molecule has 1 unspecified atom stereocenters. The predicted octanol–water partition coefficient (Wildman–Crippen LogP) is 1.21. The summed E-state index contributed by atoms with van der Waals surface area (Å²) in [6.07, 6.45) is 3.35. The van der Waals surface area contributed by atoms with Crippen molar-refractivity contribution in [3.8, 4) is 0 Å². The summed E-state index contributed by atoms with van der Waals surface area (Å²) in [5.74, 6) is -0.606. The molecule has 0 aliphatic carbocycles. The average molecular weight is 320 g/mol. The number of nitrogens with one attached hydrogen (secondary N) is 1. The largest absolute Gasteiger partial charge is 0.748 e. The molecule has 6 nitrogen and oxygen atoms in total. The zero-order valence-electron chi connectivity index (χ0n) is 13.3. The highest BCUT2D eigenvalue weighted by atomic mass is 32.2. The normalized spacial score (nSPS) is 13.7. The fourth-order valence-electron chi connectivity index (χ4n) is 2.65. The number of nitrogens with zero attached hydrogens (tertiary/aromatic N) is 1. The van der Waals surface area contributed by atoms with Gasteiger partial charge in [0.25, 0.3) is 0 Å². The van der Waals surface area contributed by atoms with Crippen LogP contribution in [0, 0.1) is 0 Å². The van der Waals surface area contributed by atoms with Gasteiger partial charge in [-0.2, -0.15) is 0 Å². The van der Waals surface area contributed by atoms with E-state index in [0.717, 1.165) is 25.9 Å². The minimum absolute atomic E-state index is 0.0151. The van der Waals surface area contributed by atoms with Crippen molar-refractivity contribution in [1.29, 1.82) is 0 Å². The second-order valence-electron chi connectivity index (χ2n) is 5.47. The van der Waals surface area contributed by atoms with Crippen molar-refractivity contribution in [2.24, 2.45) is 0 Å². The van der Waals surface area contributed by atoms with E-state index in [4.69, 9.17) is 0 Å². The van der Waals surface area contributed by atoms with E-state index in [0.29, 0.717) is 17.6 Å². The van der Waals surface area contributed by atoms with Crippen molar-refractivity contribution in [1.82, 2.24) is 5.32 Å². The first-order valence-electron chi connectivity index (χ1n) is 7.40. The van der Waals surface area contributed by atoms with E-state index in [9.17, 15) is 17.8 Å². The van der Waals surface area contributed by atoms with E-state index in [-0.39, 0.29) is 17.7 Å². The highest BCUT2D eigenvalue weighted by Gasteiger charge is 2.32. The van der Waals surface area contributed by atoms with Gasteiger partial charge in [-0.3, -0.25) is 4.79 Å². The third-order valence-electron chi connectivity index (χ3n) is 3.81. The molecule has 1 N–H and O–H groups in total. The molecule has 0 saturated heterocycles. The maximum atomic E-state index is 11.4. The zero-order valence-corrected chi connectivity index (χ0v) is 14.1. The van der Waals surface area contributed by atoms with Crippen LogP contribution in [-0.4, -0.2) is 54.9 Å². The predicted molar refractivity (Wildman–Crippen MR) is 82.4 cm³/mol. The summed E-state index contributed by atoms with van der Waals surface area (Å²) in [5.41, 5.74) is 0. The molecular weight excluding hydrogens is 292 g/mol. The Labute approximate surface area is 128 Å². The number of amides is 1. The summed E-state index contributed by atoms with van der Waals surface area (Å²) in [6, 6.07) is -0.0151. The Kier molecular flexibility index (Phi) is 8.77. The van der Waals surface area contributed by atoms with E-state index in [1.165, 1.54) is 6.08 Å². The van der Waals surface area contributed by atoms with Crippen molar-refractivity contribution in [2.45, 2.75) is 46.1 Å². The molecule has 0 aromatic heterocycles. The van der Waals surface area contributed by atoms with E-state index < -0.39 is 10.1 Å². The van der Waals surface area contributed by atoms with Gasteiger partial charge >= 0.3 is 0 Å². The lowest BCUT2D eigenvalue weighted by Crippen LogP contribution is -2.60. The van der Waals surface area contributed by atoms with Crippen molar-refractivity contribution in [3.05, 3.63) is 12.7 Å². The van der Waals surface area contributed by atoms with Crippen LogP contribution in [-0.2, 0) is 14.9 Å². The summed E-state index contributed by atoms with van der Waals surface area (Å²) >= 11 is 0. The lowest BCUT2D eigenvalue weighted by Gasteiger charge is -2.43. The Bertz CT molecular complexity index is 428. The molecule has 0 aliphatic heterocycles. The topological polar surface area (TPSA) is 86.3 Å². The standard InChI is InChI=1S/C14H28N2O4S/c1-5-9-16(10-6-2,12-15-14(17)7-3)13(4)8-11-21(18,19)20/h7,13H,3,5-6,8-12H2,1-2,4H3,(H-,15,17,18,19,20). The van der Waals surface area contributed by atoms with Crippen LogP contribution in [0.4, 0.5) is 0 Å². The smallest absolute Gasteiger partial charge is 0.247 e. The van der Waals surface area contributed by atoms with E-state index in [2.05, 4.69) is 25.7 Å². The van der Waals surface area contributed by atoms with E-state index in [1.54, 1.807) is 0 Å². The molecule has 1 atom stereocenters. The fraction of sp³-hybridized carbons (Fsp3) is 0.786. The molecule has 7 heteroatoms. The van der Waals surface area contributed by atoms with Crippen LogP contribution in [0.25, 0.3) is 0 Å². The maximum absolute atomic E-state index is 11.4. The summed E-state index contributed by atoms with van der Waals surface area (Å²) in [7, 11) is -4.21. The summed E-state index contributed by atoms with van der Waals surface area (Å²) in [5, 5.41) is 2.81. The van der Waals surface area contributed by atoms with Crippen molar-refractivity contribution >= 4 is 16.0 Å². The molecule has 0 bridgehead atoms. The summed E-state index contributed by atoms with van der Waals surface area (Å²) in [6.45, 7) is 11.5. The molecule has 0 aliphatic rings. The first kappa shape index (κ1) is 20.1. The molecule has 0 rings (SSSR count). The van der Waals surface area contributed by atoms with Gasteiger partial charge in [-0.1, -0.05) is 20.4 Å². The number of carbonyl (C=O) groups excluding carboxylic acids is 1. The van der Waals surface area contributed by atoms with Gasteiger partial charge in [-0.05, 0) is 25.8 Å². The molecule has 124 valence electrons. The number of quaternary nitrogens is 1. The molecule has 0 saturated carbocycles. The molecule has 0 aromatic carbocycles. The monoisotopic (exact) mass is 320 g/mol. The average Bonchev–Trinajstić information content (AvgIpc) is 2.41. The maximum Gasteiger partial charge on any atom is 0.247 e. The lowest BCUT2D eigenvalue weighted by molar-refractivity contribution is -0.951. The van der Waals surface area contributed by atoms with E-state index in [1.807, 2.05) is 6.92 Å². The van der Waals surface area contributed by atoms with Gasteiger partial charge in [0.05, 0.1) is 29.2 Å². The third kappa shape index (κ3) is 7.59. The Morgan fingerprint density at radius 3 is 2.24 bits per heavy atom. The van der Waals surface area contributed by atoms with Crippen LogP contribution in [0.15, 0.2) is 12.7 Å². The van der Waals surface area contributed by atoms with Crippen molar-refractivity contribution < 1.29 is 22.2 Å². The van der Waals surface area contributed by atoms with Crippen molar-refractivity contribution in [3.63, 3.8) is 0 Å². The molecule has 0 aromatic rings. The first-order valence-corrected chi connectivity index (χ1v) is 8.98. The number of hydrogen-bond acceptors (Lipinski definition) is 4. The lowest BCUT2D eigenvalue weighted by atomic mass is 10.1.